The molecule has 0 aromatic rings. The molecule has 1 saturated heterocycles. The highest BCUT2D eigenvalue weighted by Gasteiger charge is 2.24. The van der Waals surface area contributed by atoms with Crippen LogP contribution in [0.2, 0.25) is 0 Å². The van der Waals surface area contributed by atoms with Crippen LogP contribution in [0.4, 0.5) is 4.79 Å². The van der Waals surface area contributed by atoms with E-state index in [2.05, 4.69) is 10.6 Å². The van der Waals surface area contributed by atoms with Crippen LogP contribution < -0.4 is 10.6 Å². The summed E-state index contributed by atoms with van der Waals surface area (Å²) in [4.78, 5) is 32.5. The van der Waals surface area contributed by atoms with Gasteiger partial charge in [-0.25, -0.2) is 9.59 Å². The Morgan fingerprint density at radius 3 is 2.53 bits per heavy atom. The maximum absolute atomic E-state index is 11.4. The molecule has 4 N–H and O–H groups in total. The van der Waals surface area contributed by atoms with Gasteiger partial charge in [-0.3, -0.25) is 4.79 Å². The smallest absolute Gasteiger partial charge is 0.326 e. The number of rotatable bonds is 5. The van der Waals surface area contributed by atoms with Crippen LogP contribution in [0.1, 0.15) is 12.8 Å². The average Bonchev–Trinajstić information content (AvgIpc) is 2.68. The van der Waals surface area contributed by atoms with Gasteiger partial charge in [-0.1, -0.05) is 0 Å². The second-order valence-electron chi connectivity index (χ2n) is 3.67. The first-order valence-electron chi connectivity index (χ1n) is 5.08. The van der Waals surface area contributed by atoms with Crippen LogP contribution in [0.3, 0.4) is 0 Å². The minimum Gasteiger partial charge on any atom is -0.481 e. The molecule has 1 aliphatic heterocycles. The minimum absolute atomic E-state index is 0.0271. The van der Waals surface area contributed by atoms with E-state index < -0.39 is 30.4 Å². The second-order valence-corrected chi connectivity index (χ2v) is 4.82. The molecule has 1 aliphatic rings. The highest BCUT2D eigenvalue weighted by atomic mass is 32.2. The van der Waals surface area contributed by atoms with Crippen molar-refractivity contribution in [3.8, 4) is 0 Å². The topological polar surface area (TPSA) is 116 Å². The Labute approximate surface area is 102 Å². The first-order chi connectivity index (χ1) is 7.99. The van der Waals surface area contributed by atoms with E-state index in [9.17, 15) is 14.4 Å². The normalized spacial score (nSPS) is 20.6. The SMILES string of the molecule is O=C(O)C[C@H](NC(=O)NC1CCSC1)C(=O)O. The molecule has 0 aliphatic carbocycles. The van der Waals surface area contributed by atoms with Gasteiger partial charge in [0, 0.05) is 11.8 Å². The largest absolute Gasteiger partial charge is 0.481 e. The standard InChI is InChI=1S/C9H14N2O5S/c12-7(13)3-6(8(14)15)11-9(16)10-5-1-2-17-4-5/h5-6H,1-4H2,(H,12,13)(H,14,15)(H2,10,11,16)/t5?,6-/m0/s1. The zero-order chi connectivity index (χ0) is 12.8. The van der Waals surface area contributed by atoms with Crippen molar-refractivity contribution in [2.75, 3.05) is 11.5 Å². The third-order valence-corrected chi connectivity index (χ3v) is 3.41. The van der Waals surface area contributed by atoms with Gasteiger partial charge in [0.2, 0.25) is 0 Å². The summed E-state index contributed by atoms with van der Waals surface area (Å²) < 4.78 is 0. The lowest BCUT2D eigenvalue weighted by atomic mass is 10.2. The molecule has 0 aromatic carbocycles. The molecule has 96 valence electrons. The van der Waals surface area contributed by atoms with Gasteiger partial charge in [0.25, 0.3) is 0 Å². The van der Waals surface area contributed by atoms with E-state index >= 15 is 0 Å². The molecular formula is C9H14N2O5S. The van der Waals surface area contributed by atoms with Crippen molar-refractivity contribution >= 4 is 29.7 Å². The summed E-state index contributed by atoms with van der Waals surface area (Å²) in [5.41, 5.74) is 0. The molecule has 7 nitrogen and oxygen atoms in total. The van der Waals surface area contributed by atoms with Crippen LogP contribution in [0.25, 0.3) is 0 Å². The number of carbonyl (C=O) groups excluding carboxylic acids is 1. The van der Waals surface area contributed by atoms with Crippen molar-refractivity contribution in [1.82, 2.24) is 10.6 Å². The lowest BCUT2D eigenvalue weighted by Gasteiger charge is -2.16. The van der Waals surface area contributed by atoms with Crippen LogP contribution >= 0.6 is 11.8 Å². The molecule has 8 heteroatoms. The van der Waals surface area contributed by atoms with E-state index in [1.54, 1.807) is 11.8 Å². The second kappa shape index (κ2) is 6.33. The number of thioether (sulfide) groups is 1. The average molecular weight is 262 g/mol. The fourth-order valence-electron chi connectivity index (χ4n) is 1.41. The molecule has 1 unspecified atom stereocenters. The number of amides is 2. The fourth-order valence-corrected chi connectivity index (χ4v) is 2.56. The molecule has 1 heterocycles. The van der Waals surface area contributed by atoms with E-state index in [4.69, 9.17) is 10.2 Å². The molecule has 1 rings (SSSR count). The Kier molecular flexibility index (Phi) is 5.08. The van der Waals surface area contributed by atoms with Crippen LogP contribution in [-0.2, 0) is 9.59 Å². The number of carboxylic acids is 2. The van der Waals surface area contributed by atoms with Crippen molar-refractivity contribution in [2.24, 2.45) is 0 Å². The Balaban J connectivity index is 2.40. The van der Waals surface area contributed by atoms with E-state index in [0.29, 0.717) is 0 Å². The Bertz CT molecular complexity index is 317. The molecule has 0 saturated carbocycles. The van der Waals surface area contributed by atoms with Gasteiger partial charge in [0.1, 0.15) is 6.04 Å². The molecule has 2 atom stereocenters. The summed E-state index contributed by atoms with van der Waals surface area (Å²) in [7, 11) is 0. The number of hydrogen-bond donors (Lipinski definition) is 4. The molecule has 0 spiro atoms. The molecule has 2 amide bonds. The summed E-state index contributed by atoms with van der Waals surface area (Å²) >= 11 is 1.71. The van der Waals surface area contributed by atoms with Gasteiger partial charge >= 0.3 is 18.0 Å². The van der Waals surface area contributed by atoms with Crippen LogP contribution in [0, 0.1) is 0 Å². The molecule has 0 aromatic heterocycles. The molecule has 17 heavy (non-hydrogen) atoms. The zero-order valence-electron chi connectivity index (χ0n) is 9.01. The number of aliphatic carboxylic acids is 2. The first kappa shape index (κ1) is 13.6. The van der Waals surface area contributed by atoms with E-state index in [1.807, 2.05) is 0 Å². The maximum Gasteiger partial charge on any atom is 0.326 e. The van der Waals surface area contributed by atoms with E-state index in [0.717, 1.165) is 17.9 Å². The van der Waals surface area contributed by atoms with Crippen LogP contribution in [0.5, 0.6) is 0 Å². The van der Waals surface area contributed by atoms with Crippen molar-refractivity contribution in [1.29, 1.82) is 0 Å². The quantitative estimate of drug-likeness (QED) is 0.541. The fraction of sp³-hybridized carbons (Fsp3) is 0.667. The van der Waals surface area contributed by atoms with Gasteiger partial charge in [0.05, 0.1) is 6.42 Å². The summed E-state index contributed by atoms with van der Waals surface area (Å²) in [6.45, 7) is 0. The minimum atomic E-state index is -1.40. The summed E-state index contributed by atoms with van der Waals surface area (Å²) in [5.74, 6) is -0.871. The summed E-state index contributed by atoms with van der Waals surface area (Å²) in [6, 6.07) is -2.01. The predicted molar refractivity (Wildman–Crippen MR) is 61.1 cm³/mol. The van der Waals surface area contributed by atoms with Crippen molar-refractivity contribution in [3.63, 3.8) is 0 Å². The van der Waals surface area contributed by atoms with E-state index in [-0.39, 0.29) is 6.04 Å². The van der Waals surface area contributed by atoms with Gasteiger partial charge < -0.3 is 20.8 Å². The van der Waals surface area contributed by atoms with Gasteiger partial charge in [-0.2, -0.15) is 11.8 Å². The van der Waals surface area contributed by atoms with Gasteiger partial charge in [-0.15, -0.1) is 0 Å². The Hall–Kier alpha value is -1.44. The van der Waals surface area contributed by atoms with Crippen molar-refractivity contribution < 1.29 is 24.6 Å². The van der Waals surface area contributed by atoms with Gasteiger partial charge in [-0.05, 0) is 12.2 Å². The van der Waals surface area contributed by atoms with Crippen LogP contribution in [0.15, 0.2) is 0 Å². The molecule has 0 bridgehead atoms. The van der Waals surface area contributed by atoms with Crippen LogP contribution in [-0.4, -0.2) is 51.8 Å². The number of carboxylic acid groups (broad SMARTS) is 2. The Morgan fingerprint density at radius 2 is 2.06 bits per heavy atom. The third kappa shape index (κ3) is 4.94. The predicted octanol–water partition coefficient (Wildman–Crippen LogP) is -0.281. The first-order valence-corrected chi connectivity index (χ1v) is 6.24. The number of carbonyl (C=O) groups is 3. The Morgan fingerprint density at radius 1 is 1.35 bits per heavy atom. The van der Waals surface area contributed by atoms with E-state index in [1.165, 1.54) is 0 Å². The maximum atomic E-state index is 11.4. The molecule has 1 fully saturated rings. The number of hydrogen-bond acceptors (Lipinski definition) is 4. The van der Waals surface area contributed by atoms with Gasteiger partial charge in [0.15, 0.2) is 0 Å². The number of nitrogens with one attached hydrogen (secondary N) is 2. The third-order valence-electron chi connectivity index (χ3n) is 2.25. The number of urea groups is 1. The zero-order valence-corrected chi connectivity index (χ0v) is 9.83. The summed E-state index contributed by atoms with van der Waals surface area (Å²) in [6.07, 6.45) is 0.205. The molecule has 0 radical (unpaired) electrons. The monoisotopic (exact) mass is 262 g/mol. The lowest BCUT2D eigenvalue weighted by Crippen LogP contribution is -2.49. The van der Waals surface area contributed by atoms with Crippen molar-refractivity contribution in [2.45, 2.75) is 24.9 Å². The summed E-state index contributed by atoms with van der Waals surface area (Å²) in [5, 5.41) is 22.0. The molecular weight excluding hydrogens is 248 g/mol. The lowest BCUT2D eigenvalue weighted by molar-refractivity contribution is -0.145. The highest BCUT2D eigenvalue weighted by Crippen LogP contribution is 2.16. The van der Waals surface area contributed by atoms with Crippen molar-refractivity contribution in [3.05, 3.63) is 0 Å². The highest BCUT2D eigenvalue weighted by molar-refractivity contribution is 7.99.